The second kappa shape index (κ2) is 7.68. The van der Waals surface area contributed by atoms with Gasteiger partial charge in [0.05, 0.1) is 5.52 Å². The highest BCUT2D eigenvalue weighted by Gasteiger charge is 2.12. The molecule has 2 nitrogen and oxygen atoms in total. The van der Waals surface area contributed by atoms with Gasteiger partial charge in [-0.2, -0.15) is 0 Å². The molecule has 2 heterocycles. The summed E-state index contributed by atoms with van der Waals surface area (Å²) >= 11 is 0. The van der Waals surface area contributed by atoms with Gasteiger partial charge in [0, 0.05) is 23.0 Å². The maximum Gasteiger partial charge on any atom is 0.141 e. The van der Waals surface area contributed by atoms with Gasteiger partial charge in [0.15, 0.2) is 0 Å². The molecule has 0 saturated carbocycles. The van der Waals surface area contributed by atoms with E-state index in [0.29, 0.717) is 6.04 Å². The molecule has 0 bridgehead atoms. The summed E-state index contributed by atoms with van der Waals surface area (Å²) in [6.07, 6.45) is 1.86. The monoisotopic (exact) mass is 270 g/mol. The first-order valence-electron chi connectivity index (χ1n) is 7.62. The molecule has 0 spiro atoms. The smallest absolute Gasteiger partial charge is 0.141 e. The molecule has 0 N–H and O–H groups in total. The average Bonchev–Trinajstić information content (AvgIpc) is 2.86. The van der Waals surface area contributed by atoms with Crippen molar-refractivity contribution in [2.24, 2.45) is 0 Å². The average molecular weight is 270 g/mol. The van der Waals surface area contributed by atoms with Crippen molar-refractivity contribution in [3.63, 3.8) is 0 Å². The standard InChI is InChI=1S/C14H14N2.2C2H6/c1-10(2)16-13-8-4-3-6-11(13)12-7-5-9-15-14(12)16;2*1-2/h3-10H,1-2H3;2*1-2H3. The van der Waals surface area contributed by atoms with Crippen molar-refractivity contribution in [2.75, 3.05) is 0 Å². The number of pyridine rings is 1. The summed E-state index contributed by atoms with van der Waals surface area (Å²) < 4.78 is 2.30. The molecule has 3 aromatic rings. The zero-order valence-corrected chi connectivity index (χ0v) is 13.5. The number of fused-ring (bicyclic) bond motifs is 3. The van der Waals surface area contributed by atoms with Crippen LogP contribution in [0.15, 0.2) is 42.6 Å². The largest absolute Gasteiger partial charge is 0.323 e. The van der Waals surface area contributed by atoms with Gasteiger partial charge in [-0.05, 0) is 32.0 Å². The fourth-order valence-corrected chi connectivity index (χ4v) is 2.35. The van der Waals surface area contributed by atoms with Crippen LogP contribution in [0.5, 0.6) is 0 Å². The van der Waals surface area contributed by atoms with Crippen molar-refractivity contribution in [3.05, 3.63) is 42.6 Å². The highest BCUT2D eigenvalue weighted by atomic mass is 15.1. The molecule has 2 aromatic heterocycles. The van der Waals surface area contributed by atoms with Gasteiger partial charge in [0.25, 0.3) is 0 Å². The van der Waals surface area contributed by atoms with E-state index in [2.05, 4.69) is 53.7 Å². The number of hydrogen-bond donors (Lipinski definition) is 0. The predicted molar refractivity (Wildman–Crippen MR) is 90.3 cm³/mol. The van der Waals surface area contributed by atoms with Crippen molar-refractivity contribution in [2.45, 2.75) is 47.6 Å². The first kappa shape index (κ1) is 16.2. The molecule has 3 rings (SSSR count). The van der Waals surface area contributed by atoms with E-state index < -0.39 is 0 Å². The van der Waals surface area contributed by atoms with Gasteiger partial charge in [-0.15, -0.1) is 0 Å². The second-order valence-electron chi connectivity index (χ2n) is 4.36. The van der Waals surface area contributed by atoms with E-state index in [4.69, 9.17) is 0 Å². The van der Waals surface area contributed by atoms with Gasteiger partial charge >= 0.3 is 0 Å². The summed E-state index contributed by atoms with van der Waals surface area (Å²) in [4.78, 5) is 4.50. The summed E-state index contributed by atoms with van der Waals surface area (Å²) in [5.74, 6) is 0. The molecule has 0 amide bonds. The molecule has 108 valence electrons. The van der Waals surface area contributed by atoms with Crippen LogP contribution >= 0.6 is 0 Å². The van der Waals surface area contributed by atoms with Crippen LogP contribution in [-0.2, 0) is 0 Å². The zero-order valence-electron chi connectivity index (χ0n) is 13.5. The Morgan fingerprint density at radius 2 is 1.45 bits per heavy atom. The number of nitrogens with zero attached hydrogens (tertiary/aromatic N) is 2. The topological polar surface area (TPSA) is 17.8 Å². The normalized spacial score (nSPS) is 9.95. The van der Waals surface area contributed by atoms with Crippen molar-refractivity contribution >= 4 is 21.9 Å². The van der Waals surface area contributed by atoms with Gasteiger partial charge in [-0.3, -0.25) is 0 Å². The van der Waals surface area contributed by atoms with Gasteiger partial charge in [0.2, 0.25) is 0 Å². The molecular formula is C18H26N2. The van der Waals surface area contributed by atoms with Crippen LogP contribution in [0.2, 0.25) is 0 Å². The molecule has 0 atom stereocenters. The van der Waals surface area contributed by atoms with Crippen LogP contribution in [0.1, 0.15) is 47.6 Å². The molecule has 0 aliphatic carbocycles. The molecule has 20 heavy (non-hydrogen) atoms. The third kappa shape index (κ3) is 2.84. The highest BCUT2D eigenvalue weighted by molar-refractivity contribution is 6.06. The third-order valence-corrected chi connectivity index (χ3v) is 2.99. The minimum Gasteiger partial charge on any atom is -0.323 e. The first-order chi connectivity index (χ1) is 9.79. The second-order valence-corrected chi connectivity index (χ2v) is 4.36. The van der Waals surface area contributed by atoms with E-state index in [1.165, 1.54) is 16.3 Å². The molecular weight excluding hydrogens is 244 g/mol. The Morgan fingerprint density at radius 3 is 2.10 bits per heavy atom. The summed E-state index contributed by atoms with van der Waals surface area (Å²) in [6.45, 7) is 12.4. The lowest BCUT2D eigenvalue weighted by Gasteiger charge is -2.09. The fourth-order valence-electron chi connectivity index (χ4n) is 2.35. The number of aromatic nitrogens is 2. The zero-order chi connectivity index (χ0) is 15.1. The van der Waals surface area contributed by atoms with E-state index in [1.807, 2.05) is 40.0 Å². The van der Waals surface area contributed by atoms with Crippen molar-refractivity contribution in [1.29, 1.82) is 0 Å². The Bertz CT molecular complexity index is 597. The number of benzene rings is 1. The number of hydrogen-bond acceptors (Lipinski definition) is 1. The Kier molecular flexibility index (Phi) is 6.23. The van der Waals surface area contributed by atoms with E-state index in [9.17, 15) is 0 Å². The third-order valence-electron chi connectivity index (χ3n) is 2.99. The lowest BCUT2D eigenvalue weighted by atomic mass is 10.2. The van der Waals surface area contributed by atoms with Crippen LogP contribution in [0.4, 0.5) is 0 Å². The molecule has 0 aliphatic rings. The molecule has 0 radical (unpaired) electrons. The summed E-state index contributed by atoms with van der Waals surface area (Å²) in [5, 5.41) is 2.53. The minimum atomic E-state index is 0.428. The van der Waals surface area contributed by atoms with Crippen molar-refractivity contribution < 1.29 is 0 Å². The van der Waals surface area contributed by atoms with E-state index in [1.54, 1.807) is 0 Å². The van der Waals surface area contributed by atoms with Gasteiger partial charge < -0.3 is 4.57 Å². The van der Waals surface area contributed by atoms with Gasteiger partial charge in [0.1, 0.15) is 5.65 Å². The van der Waals surface area contributed by atoms with Gasteiger partial charge in [-0.1, -0.05) is 45.9 Å². The summed E-state index contributed by atoms with van der Waals surface area (Å²) in [7, 11) is 0. The van der Waals surface area contributed by atoms with Crippen LogP contribution in [0.25, 0.3) is 21.9 Å². The quantitative estimate of drug-likeness (QED) is 0.544. The number of para-hydroxylation sites is 1. The maximum atomic E-state index is 4.50. The SMILES string of the molecule is CC.CC.CC(C)n1c2ccccc2c2cccnc21. The van der Waals surface area contributed by atoms with E-state index in [0.717, 1.165) is 5.65 Å². The van der Waals surface area contributed by atoms with Crippen LogP contribution in [0.3, 0.4) is 0 Å². The van der Waals surface area contributed by atoms with Crippen LogP contribution < -0.4 is 0 Å². The Balaban J connectivity index is 0.000000461. The van der Waals surface area contributed by atoms with Crippen LogP contribution in [-0.4, -0.2) is 9.55 Å². The summed E-state index contributed by atoms with van der Waals surface area (Å²) in [6, 6.07) is 13.1. The Hall–Kier alpha value is -1.83. The Morgan fingerprint density at radius 1 is 0.850 bits per heavy atom. The van der Waals surface area contributed by atoms with Crippen molar-refractivity contribution in [1.82, 2.24) is 9.55 Å². The van der Waals surface area contributed by atoms with Crippen LogP contribution in [0, 0.1) is 0 Å². The molecule has 2 heteroatoms. The summed E-state index contributed by atoms with van der Waals surface area (Å²) in [5.41, 5.74) is 2.35. The molecule has 0 fully saturated rings. The van der Waals surface area contributed by atoms with Gasteiger partial charge in [-0.25, -0.2) is 4.98 Å². The first-order valence-corrected chi connectivity index (χ1v) is 7.62. The predicted octanol–water partition coefficient (Wildman–Crippen LogP) is 5.82. The minimum absolute atomic E-state index is 0.428. The van der Waals surface area contributed by atoms with E-state index in [-0.39, 0.29) is 0 Å². The molecule has 0 unspecified atom stereocenters. The highest BCUT2D eigenvalue weighted by Crippen LogP contribution is 2.29. The maximum absolute atomic E-state index is 4.50. The fraction of sp³-hybridized carbons (Fsp3) is 0.389. The lowest BCUT2D eigenvalue weighted by molar-refractivity contribution is 0.637. The molecule has 1 aromatic carbocycles. The molecule has 0 saturated heterocycles. The Labute approximate surface area is 122 Å². The lowest BCUT2D eigenvalue weighted by Crippen LogP contribution is -2.00. The van der Waals surface area contributed by atoms with Crippen molar-refractivity contribution in [3.8, 4) is 0 Å². The van der Waals surface area contributed by atoms with E-state index >= 15 is 0 Å². The molecule has 0 aliphatic heterocycles. The number of rotatable bonds is 1.